The van der Waals surface area contributed by atoms with E-state index in [0.29, 0.717) is 16.5 Å². The molecule has 3 heterocycles. The highest BCUT2D eigenvalue weighted by Gasteiger charge is 2.63. The molecule has 1 aromatic carbocycles. The van der Waals surface area contributed by atoms with E-state index in [4.69, 9.17) is 23.7 Å². The predicted molar refractivity (Wildman–Crippen MR) is 158 cm³/mol. The Morgan fingerprint density at radius 2 is 1.58 bits per heavy atom. The summed E-state index contributed by atoms with van der Waals surface area (Å²) in [6, 6.07) is 6.19. The fourth-order valence-corrected chi connectivity index (χ4v) is 5.40. The number of amides is 1. The SMILES string of the molecule is CC(C)(C)OC(=O)N1C(C(O)C2(Cc3cn(C(=O)OC(C)(C)C)c4ccccc34)OC(C(C)(C)C)OC2=O)COC1(C)C. The fourth-order valence-electron chi connectivity index (χ4n) is 5.40. The molecule has 2 aromatic rings. The summed E-state index contributed by atoms with van der Waals surface area (Å²) in [5, 5.41) is 12.8. The van der Waals surface area contributed by atoms with E-state index in [1.165, 1.54) is 9.47 Å². The maximum Gasteiger partial charge on any atom is 0.419 e. The minimum absolute atomic E-state index is 0.0777. The number of aromatic nitrogens is 1. The quantitative estimate of drug-likeness (QED) is 0.362. The lowest BCUT2D eigenvalue weighted by Gasteiger charge is -2.40. The minimum atomic E-state index is -1.95. The third kappa shape index (κ3) is 6.53. The Morgan fingerprint density at radius 1 is 1.00 bits per heavy atom. The van der Waals surface area contributed by atoms with Gasteiger partial charge in [0, 0.05) is 23.4 Å². The number of nitrogens with zero attached hydrogens (tertiary/aromatic N) is 2. The van der Waals surface area contributed by atoms with Crippen molar-refractivity contribution in [2.45, 2.75) is 124 Å². The number of hydrogen-bond acceptors (Lipinski definition) is 9. The number of para-hydroxylation sites is 1. The van der Waals surface area contributed by atoms with E-state index >= 15 is 0 Å². The van der Waals surface area contributed by atoms with Crippen LogP contribution in [0.4, 0.5) is 9.59 Å². The molecule has 0 saturated carbocycles. The number of aliphatic hydroxyl groups excluding tert-OH is 1. The molecular weight excluding hydrogens is 556 g/mol. The minimum Gasteiger partial charge on any atom is -0.444 e. The molecule has 1 aromatic heterocycles. The molecule has 4 rings (SSSR count). The Balaban J connectivity index is 1.82. The number of rotatable bonds is 4. The highest BCUT2D eigenvalue weighted by atomic mass is 16.8. The van der Waals surface area contributed by atoms with Crippen LogP contribution in [-0.4, -0.2) is 80.3 Å². The van der Waals surface area contributed by atoms with Gasteiger partial charge in [-0.1, -0.05) is 39.0 Å². The summed E-state index contributed by atoms with van der Waals surface area (Å²) in [5.74, 6) is -0.775. The van der Waals surface area contributed by atoms with Crippen molar-refractivity contribution >= 4 is 29.1 Å². The molecule has 11 nitrogen and oxygen atoms in total. The Kier molecular flexibility index (Phi) is 8.21. The van der Waals surface area contributed by atoms with Gasteiger partial charge in [0.15, 0.2) is 0 Å². The van der Waals surface area contributed by atoms with Crippen LogP contribution in [0.25, 0.3) is 10.9 Å². The zero-order valence-corrected chi connectivity index (χ0v) is 27.1. The Bertz CT molecular complexity index is 1390. The first-order valence-corrected chi connectivity index (χ1v) is 14.6. The molecule has 11 heteroatoms. The number of carbonyl (C=O) groups is 3. The van der Waals surface area contributed by atoms with Gasteiger partial charge >= 0.3 is 18.2 Å². The van der Waals surface area contributed by atoms with Crippen molar-refractivity contribution in [2.75, 3.05) is 6.61 Å². The zero-order valence-electron chi connectivity index (χ0n) is 27.1. The monoisotopic (exact) mass is 602 g/mol. The maximum absolute atomic E-state index is 13.9. The molecule has 0 aliphatic carbocycles. The van der Waals surface area contributed by atoms with Crippen molar-refractivity contribution in [2.24, 2.45) is 5.41 Å². The number of carbonyl (C=O) groups excluding carboxylic acids is 3. The van der Waals surface area contributed by atoms with Gasteiger partial charge in [-0.2, -0.15) is 0 Å². The second-order valence-corrected chi connectivity index (χ2v) is 14.9. The average molecular weight is 603 g/mol. The third-order valence-corrected chi connectivity index (χ3v) is 7.37. The smallest absolute Gasteiger partial charge is 0.419 e. The van der Waals surface area contributed by atoms with Crippen molar-refractivity contribution in [3.63, 3.8) is 0 Å². The standard InChI is InChI=1S/C32H46N2O9/c1-28(2,3)25-40-24(36)32(41-25,23(35)22-18-39-31(10,11)34(22)27(38)43-30(7,8)9)16-19-17-33(26(37)42-29(4,5)6)21-15-13-12-14-20(19)21/h12-15,17,22-23,25,35H,16,18H2,1-11H3. The van der Waals surface area contributed by atoms with Crippen LogP contribution in [0, 0.1) is 5.41 Å². The topological polar surface area (TPSA) is 126 Å². The Hall–Kier alpha value is -3.15. The van der Waals surface area contributed by atoms with Crippen molar-refractivity contribution in [3.8, 4) is 0 Å². The fraction of sp³-hybridized carbons (Fsp3) is 0.656. The van der Waals surface area contributed by atoms with E-state index in [1.807, 2.05) is 32.9 Å². The third-order valence-electron chi connectivity index (χ3n) is 7.37. The highest BCUT2D eigenvalue weighted by Crippen LogP contribution is 2.43. The van der Waals surface area contributed by atoms with Gasteiger partial charge in [-0.3, -0.25) is 9.47 Å². The number of fused-ring (bicyclic) bond motifs is 1. The second-order valence-electron chi connectivity index (χ2n) is 14.9. The van der Waals surface area contributed by atoms with Crippen molar-refractivity contribution in [3.05, 3.63) is 36.0 Å². The van der Waals surface area contributed by atoms with E-state index in [9.17, 15) is 19.5 Å². The molecule has 43 heavy (non-hydrogen) atoms. The van der Waals surface area contributed by atoms with Crippen LogP contribution in [0.15, 0.2) is 30.5 Å². The number of hydrogen-bond donors (Lipinski definition) is 1. The number of esters is 1. The molecule has 2 aliphatic rings. The van der Waals surface area contributed by atoms with E-state index in [-0.39, 0.29) is 13.0 Å². The number of benzene rings is 1. The van der Waals surface area contributed by atoms with Crippen LogP contribution in [0.1, 0.15) is 81.7 Å². The van der Waals surface area contributed by atoms with E-state index in [1.54, 1.807) is 73.7 Å². The van der Waals surface area contributed by atoms with Gasteiger partial charge in [-0.15, -0.1) is 0 Å². The molecule has 1 N–H and O–H groups in total. The van der Waals surface area contributed by atoms with E-state index in [2.05, 4.69) is 0 Å². The highest BCUT2D eigenvalue weighted by molar-refractivity contribution is 5.93. The molecule has 0 spiro atoms. The molecule has 2 saturated heterocycles. The Morgan fingerprint density at radius 3 is 2.14 bits per heavy atom. The first-order valence-electron chi connectivity index (χ1n) is 14.6. The molecule has 2 aliphatic heterocycles. The van der Waals surface area contributed by atoms with Gasteiger partial charge in [-0.05, 0) is 67.0 Å². The summed E-state index contributed by atoms with van der Waals surface area (Å²) < 4.78 is 30.8. The first-order chi connectivity index (χ1) is 19.6. The molecule has 4 atom stereocenters. The number of aliphatic hydroxyl groups is 1. The zero-order chi connectivity index (χ0) is 32.3. The first kappa shape index (κ1) is 32.8. The van der Waals surface area contributed by atoms with Crippen LogP contribution in [-0.2, 0) is 34.9 Å². The Labute approximate surface area is 253 Å². The van der Waals surface area contributed by atoms with Gasteiger partial charge in [0.2, 0.25) is 11.9 Å². The summed E-state index contributed by atoms with van der Waals surface area (Å²) >= 11 is 0. The van der Waals surface area contributed by atoms with Crippen LogP contribution < -0.4 is 0 Å². The molecule has 1 amide bonds. The normalized spacial score (nSPS) is 25.1. The van der Waals surface area contributed by atoms with Gasteiger partial charge in [-0.25, -0.2) is 14.4 Å². The van der Waals surface area contributed by atoms with Crippen LogP contribution >= 0.6 is 0 Å². The number of cyclic esters (lactones) is 1. The van der Waals surface area contributed by atoms with Gasteiger partial charge < -0.3 is 28.8 Å². The summed E-state index contributed by atoms with van der Waals surface area (Å²) in [5.41, 5.74) is -4.16. The molecule has 2 fully saturated rings. The van der Waals surface area contributed by atoms with Crippen LogP contribution in [0.5, 0.6) is 0 Å². The summed E-state index contributed by atoms with van der Waals surface area (Å²) in [7, 11) is 0. The summed E-state index contributed by atoms with van der Waals surface area (Å²) in [6.07, 6.45) is -2.43. The lowest BCUT2D eigenvalue weighted by atomic mass is 9.84. The molecule has 0 radical (unpaired) electrons. The van der Waals surface area contributed by atoms with Crippen LogP contribution in [0.3, 0.4) is 0 Å². The largest absolute Gasteiger partial charge is 0.444 e. The second kappa shape index (κ2) is 10.8. The lowest BCUT2D eigenvalue weighted by Crippen LogP contribution is -2.62. The summed E-state index contributed by atoms with van der Waals surface area (Å²) in [6.45, 7) is 19.4. The lowest BCUT2D eigenvalue weighted by molar-refractivity contribution is -0.179. The van der Waals surface area contributed by atoms with Crippen LogP contribution in [0.2, 0.25) is 0 Å². The average Bonchev–Trinajstić information content (AvgIpc) is 3.48. The van der Waals surface area contributed by atoms with E-state index < -0.39 is 64.5 Å². The molecule has 238 valence electrons. The molecule has 4 unspecified atom stereocenters. The number of ether oxygens (including phenoxy) is 5. The van der Waals surface area contributed by atoms with Gasteiger partial charge in [0.1, 0.15) is 23.0 Å². The van der Waals surface area contributed by atoms with Gasteiger partial charge in [0.25, 0.3) is 0 Å². The maximum atomic E-state index is 13.9. The molecular formula is C32H46N2O9. The van der Waals surface area contributed by atoms with E-state index in [0.717, 1.165) is 0 Å². The predicted octanol–water partition coefficient (Wildman–Crippen LogP) is 5.38. The van der Waals surface area contributed by atoms with Crippen molar-refractivity contribution in [1.29, 1.82) is 0 Å². The van der Waals surface area contributed by atoms with Crippen molar-refractivity contribution < 1.29 is 43.2 Å². The van der Waals surface area contributed by atoms with Gasteiger partial charge in [0.05, 0.1) is 18.2 Å². The van der Waals surface area contributed by atoms with Crippen molar-refractivity contribution in [1.82, 2.24) is 9.47 Å². The summed E-state index contributed by atoms with van der Waals surface area (Å²) in [4.78, 5) is 41.9. The molecule has 0 bridgehead atoms.